The van der Waals surface area contributed by atoms with Gasteiger partial charge in [-0.1, -0.05) is 78.8 Å². The van der Waals surface area contributed by atoms with Crippen molar-refractivity contribution in [3.63, 3.8) is 0 Å². The van der Waals surface area contributed by atoms with Gasteiger partial charge in [0.2, 0.25) is 3.79 Å². The Hall–Kier alpha value is -1.28. The summed E-state index contributed by atoms with van der Waals surface area (Å²) in [5.41, 5.74) is -1.30. The van der Waals surface area contributed by atoms with Crippen LogP contribution < -0.4 is 0 Å². The van der Waals surface area contributed by atoms with E-state index in [1.165, 1.54) is 23.1 Å². The highest BCUT2D eigenvalue weighted by atomic mass is 35.6. The third-order valence-corrected chi connectivity index (χ3v) is 9.70. The number of carbonyl (C=O) groups is 2. The van der Waals surface area contributed by atoms with Crippen LogP contribution in [0.2, 0.25) is 0 Å². The summed E-state index contributed by atoms with van der Waals surface area (Å²) in [4.78, 5) is 28.6. The second-order valence-electron chi connectivity index (χ2n) is 8.63. The molecule has 0 N–H and O–H groups in total. The number of amides is 1. The van der Waals surface area contributed by atoms with Gasteiger partial charge in [-0.05, 0) is 37.8 Å². The molecule has 1 aromatic rings. The highest BCUT2D eigenvalue weighted by Gasteiger charge is 2.72. The van der Waals surface area contributed by atoms with E-state index in [1.807, 2.05) is 6.92 Å². The zero-order chi connectivity index (χ0) is 24.5. The lowest BCUT2D eigenvalue weighted by Crippen LogP contribution is -2.73. The fourth-order valence-corrected chi connectivity index (χ4v) is 8.11. The largest absolute Gasteiger partial charge is 0.445 e. The number of halogens is 3. The lowest BCUT2D eigenvalue weighted by atomic mass is 9.71. The second kappa shape index (κ2) is 9.76. The zero-order valence-electron chi connectivity index (χ0n) is 18.4. The second-order valence-corrected chi connectivity index (χ2v) is 13.3. The van der Waals surface area contributed by atoms with Crippen molar-refractivity contribution in [3.8, 4) is 0 Å². The van der Waals surface area contributed by atoms with Crippen LogP contribution in [0.15, 0.2) is 47.9 Å². The molecular formula is C23H28Cl3NO5S. The van der Waals surface area contributed by atoms with Gasteiger partial charge in [-0.15, -0.1) is 6.58 Å². The summed E-state index contributed by atoms with van der Waals surface area (Å²) in [5, 5.41) is 0. The summed E-state index contributed by atoms with van der Waals surface area (Å²) in [6, 6.07) is 7.43. The van der Waals surface area contributed by atoms with Gasteiger partial charge < -0.3 is 4.74 Å². The number of benzene rings is 1. The van der Waals surface area contributed by atoms with Crippen molar-refractivity contribution in [1.82, 2.24) is 4.90 Å². The van der Waals surface area contributed by atoms with Gasteiger partial charge in [-0.25, -0.2) is 13.2 Å². The number of Topliss-reactive ketones (excluding diaryl/α,β-unsaturated/α-hetero) is 1. The van der Waals surface area contributed by atoms with Crippen LogP contribution in [0.4, 0.5) is 4.79 Å². The molecule has 2 heterocycles. The van der Waals surface area contributed by atoms with E-state index in [-0.39, 0.29) is 17.7 Å². The van der Waals surface area contributed by atoms with Crippen LogP contribution in [0, 0.1) is 0 Å². The molecule has 2 bridgehead atoms. The molecule has 2 aliphatic heterocycles. The minimum atomic E-state index is -4.22. The van der Waals surface area contributed by atoms with Crippen LogP contribution in [-0.4, -0.2) is 51.9 Å². The molecule has 0 unspecified atom stereocenters. The van der Waals surface area contributed by atoms with E-state index in [0.29, 0.717) is 25.7 Å². The van der Waals surface area contributed by atoms with Crippen LogP contribution in [0.1, 0.15) is 51.9 Å². The van der Waals surface area contributed by atoms with Crippen molar-refractivity contribution in [2.75, 3.05) is 6.61 Å². The maximum Gasteiger partial charge on any atom is 0.410 e. The molecule has 1 aromatic carbocycles. The van der Waals surface area contributed by atoms with Crippen molar-refractivity contribution in [1.29, 1.82) is 0 Å². The number of carbonyl (C=O) groups excluding carboxylic acids is 2. The van der Waals surface area contributed by atoms with Crippen molar-refractivity contribution < 1.29 is 22.7 Å². The first-order valence-electron chi connectivity index (χ1n) is 10.9. The Kier molecular flexibility index (Phi) is 7.79. The monoisotopic (exact) mass is 535 g/mol. The molecule has 0 spiro atoms. The first-order valence-corrected chi connectivity index (χ1v) is 13.6. The number of ether oxygens (including phenoxy) is 1. The molecule has 6 nitrogen and oxygen atoms in total. The Bertz CT molecular complexity index is 1010. The Labute approximate surface area is 210 Å². The van der Waals surface area contributed by atoms with Crippen molar-refractivity contribution >= 4 is 56.5 Å². The van der Waals surface area contributed by atoms with Gasteiger partial charge in [-0.3, -0.25) is 9.69 Å². The molecule has 0 aromatic heterocycles. The molecule has 0 aliphatic carbocycles. The number of piperidine rings is 1. The molecule has 3 atom stereocenters. The minimum Gasteiger partial charge on any atom is -0.445 e. The summed E-state index contributed by atoms with van der Waals surface area (Å²) in [7, 11) is -4.22. The van der Waals surface area contributed by atoms with E-state index in [4.69, 9.17) is 39.5 Å². The van der Waals surface area contributed by atoms with E-state index in [2.05, 4.69) is 6.58 Å². The van der Waals surface area contributed by atoms with Gasteiger partial charge in [0, 0.05) is 12.5 Å². The van der Waals surface area contributed by atoms with Crippen LogP contribution in [-0.2, 0) is 19.4 Å². The number of sulfone groups is 1. The number of ketones is 1. The number of nitrogens with zero attached hydrogens (tertiary/aromatic N) is 1. The number of allylic oxidation sites excluding steroid dienone is 1. The number of alkyl halides is 3. The van der Waals surface area contributed by atoms with Crippen molar-refractivity contribution in [3.05, 3.63) is 43.0 Å². The smallest absolute Gasteiger partial charge is 0.410 e. The normalized spacial score (nSPS) is 27.5. The standard InChI is InChI=1S/C23H28Cl3NO5S/c1-3-5-13-21-14-11-17(27(21)20(29)32-16-23(24,25)26)15-19(28)22(21,12-4-2)33(30,31)18-9-7-6-8-10-18/h4,6-10,17H,2-3,5,11-16H2,1H3/t17-,21+,22-/m0/s1. The zero-order valence-corrected chi connectivity index (χ0v) is 21.5. The molecule has 3 rings (SSSR count). The summed E-state index contributed by atoms with van der Waals surface area (Å²) < 4.78 is 30.1. The minimum absolute atomic E-state index is 0.0380. The predicted molar refractivity (Wildman–Crippen MR) is 130 cm³/mol. The molecule has 2 aliphatic rings. The highest BCUT2D eigenvalue weighted by Crippen LogP contribution is 2.57. The average Bonchev–Trinajstić information content (AvgIpc) is 3.07. The van der Waals surface area contributed by atoms with Crippen molar-refractivity contribution in [2.24, 2.45) is 0 Å². The van der Waals surface area contributed by atoms with E-state index < -0.39 is 48.4 Å². The van der Waals surface area contributed by atoms with Gasteiger partial charge in [0.15, 0.2) is 20.4 Å². The molecule has 2 saturated heterocycles. The molecule has 0 saturated carbocycles. The number of fused-ring (bicyclic) bond motifs is 2. The quantitative estimate of drug-likeness (QED) is 0.317. The van der Waals surface area contributed by atoms with Gasteiger partial charge >= 0.3 is 6.09 Å². The Morgan fingerprint density at radius 3 is 2.55 bits per heavy atom. The lowest BCUT2D eigenvalue weighted by molar-refractivity contribution is -0.131. The third kappa shape index (κ3) is 4.42. The van der Waals surface area contributed by atoms with E-state index in [9.17, 15) is 18.0 Å². The summed E-state index contributed by atoms with van der Waals surface area (Å²) in [6.07, 6.45) is 3.02. The first kappa shape index (κ1) is 26.3. The highest BCUT2D eigenvalue weighted by molar-refractivity contribution is 7.93. The number of hydrogen-bond donors (Lipinski definition) is 0. The third-order valence-electron chi connectivity index (χ3n) is 6.78. The maximum absolute atomic E-state index is 14.2. The summed E-state index contributed by atoms with van der Waals surface area (Å²) in [6.45, 7) is 5.25. The molecule has 2 fully saturated rings. The first-order chi connectivity index (χ1) is 15.5. The molecule has 33 heavy (non-hydrogen) atoms. The van der Waals surface area contributed by atoms with Gasteiger partial charge in [0.1, 0.15) is 6.61 Å². The lowest BCUT2D eigenvalue weighted by Gasteiger charge is -2.55. The fraction of sp³-hybridized carbons (Fsp3) is 0.565. The Morgan fingerprint density at radius 1 is 1.30 bits per heavy atom. The van der Waals surface area contributed by atoms with E-state index in [1.54, 1.807) is 18.2 Å². The molecule has 182 valence electrons. The van der Waals surface area contributed by atoms with Gasteiger partial charge in [-0.2, -0.15) is 0 Å². The average molecular weight is 537 g/mol. The topological polar surface area (TPSA) is 80.8 Å². The van der Waals surface area contributed by atoms with Crippen LogP contribution in [0.3, 0.4) is 0 Å². The molecule has 0 radical (unpaired) electrons. The predicted octanol–water partition coefficient (Wildman–Crippen LogP) is 5.65. The molecule has 1 amide bonds. The van der Waals surface area contributed by atoms with Gasteiger partial charge in [0.25, 0.3) is 0 Å². The van der Waals surface area contributed by atoms with Crippen molar-refractivity contribution in [2.45, 2.75) is 76.9 Å². The fourth-order valence-electron chi connectivity index (χ4n) is 5.50. The summed E-state index contributed by atoms with van der Waals surface area (Å²) in [5.74, 6) is -0.393. The van der Waals surface area contributed by atoms with Crippen LogP contribution >= 0.6 is 34.8 Å². The Balaban J connectivity index is 2.23. The van der Waals surface area contributed by atoms with Gasteiger partial charge in [0.05, 0.1) is 10.4 Å². The maximum atomic E-state index is 14.2. The van der Waals surface area contributed by atoms with E-state index >= 15 is 0 Å². The van der Waals surface area contributed by atoms with Crippen LogP contribution in [0.25, 0.3) is 0 Å². The molecule has 10 heteroatoms. The SMILES string of the molecule is C=CC[C@]1(S(=O)(=O)c2ccccc2)C(=O)C[C@@H]2CC[C@@]1(CCCC)N2C(=O)OCC(Cl)(Cl)Cl. The van der Waals surface area contributed by atoms with E-state index in [0.717, 1.165) is 6.42 Å². The number of rotatable bonds is 8. The number of hydrogen-bond acceptors (Lipinski definition) is 5. The molecular weight excluding hydrogens is 509 g/mol. The summed E-state index contributed by atoms with van der Waals surface area (Å²) >= 11 is 17.3. The Morgan fingerprint density at radius 2 is 1.97 bits per heavy atom. The van der Waals surface area contributed by atoms with Crippen LogP contribution in [0.5, 0.6) is 0 Å². The number of unbranched alkanes of at least 4 members (excludes halogenated alkanes) is 1.